The minimum atomic E-state index is -0.293. The van der Waals surface area contributed by atoms with Gasteiger partial charge in [0.1, 0.15) is 5.82 Å². The standard InChI is InChI=1S/C17H16FNO/c1-2-11-19(12-7-8-12)17(20)15-9-10-16(18)14-6-4-3-5-13(14)15/h2-6,9-10,12H,1,7-8,11H2. The van der Waals surface area contributed by atoms with E-state index >= 15 is 0 Å². The van der Waals surface area contributed by atoms with Crippen LogP contribution in [0.15, 0.2) is 49.1 Å². The van der Waals surface area contributed by atoms with Crippen molar-refractivity contribution in [1.29, 1.82) is 0 Å². The first-order valence-corrected chi connectivity index (χ1v) is 6.81. The van der Waals surface area contributed by atoms with Gasteiger partial charge in [-0.2, -0.15) is 0 Å². The number of rotatable bonds is 4. The molecule has 1 fully saturated rings. The smallest absolute Gasteiger partial charge is 0.255 e. The highest BCUT2D eigenvalue weighted by molar-refractivity contribution is 6.07. The zero-order valence-electron chi connectivity index (χ0n) is 11.2. The Morgan fingerprint density at radius 2 is 1.95 bits per heavy atom. The molecular weight excluding hydrogens is 253 g/mol. The summed E-state index contributed by atoms with van der Waals surface area (Å²) in [4.78, 5) is 14.5. The molecular formula is C17H16FNO. The van der Waals surface area contributed by atoms with Crippen molar-refractivity contribution in [3.05, 3.63) is 60.4 Å². The van der Waals surface area contributed by atoms with Gasteiger partial charge >= 0.3 is 0 Å². The van der Waals surface area contributed by atoms with Crippen molar-refractivity contribution >= 4 is 16.7 Å². The van der Waals surface area contributed by atoms with E-state index in [0.29, 0.717) is 28.9 Å². The van der Waals surface area contributed by atoms with Crippen molar-refractivity contribution in [3.8, 4) is 0 Å². The van der Waals surface area contributed by atoms with Gasteiger partial charge in [0.25, 0.3) is 5.91 Å². The summed E-state index contributed by atoms with van der Waals surface area (Å²) < 4.78 is 13.8. The van der Waals surface area contributed by atoms with E-state index in [2.05, 4.69) is 6.58 Å². The summed E-state index contributed by atoms with van der Waals surface area (Å²) in [5.74, 6) is -0.331. The lowest BCUT2D eigenvalue weighted by atomic mass is 10.0. The minimum Gasteiger partial charge on any atom is -0.332 e. The largest absolute Gasteiger partial charge is 0.332 e. The maximum atomic E-state index is 13.8. The first-order chi connectivity index (χ1) is 9.72. The summed E-state index contributed by atoms with van der Waals surface area (Å²) in [6.07, 6.45) is 3.82. The Balaban J connectivity index is 2.07. The molecule has 0 saturated heterocycles. The number of halogens is 1. The first-order valence-electron chi connectivity index (χ1n) is 6.81. The molecule has 1 aliphatic carbocycles. The van der Waals surface area contributed by atoms with E-state index in [1.54, 1.807) is 30.3 Å². The van der Waals surface area contributed by atoms with Crippen LogP contribution in [0.2, 0.25) is 0 Å². The van der Waals surface area contributed by atoms with Gasteiger partial charge in [0, 0.05) is 23.5 Å². The topological polar surface area (TPSA) is 20.3 Å². The second kappa shape index (κ2) is 5.08. The van der Waals surface area contributed by atoms with Gasteiger partial charge in [0.2, 0.25) is 0 Å². The molecule has 20 heavy (non-hydrogen) atoms. The summed E-state index contributed by atoms with van der Waals surface area (Å²) in [7, 11) is 0. The lowest BCUT2D eigenvalue weighted by Gasteiger charge is -2.21. The second-order valence-corrected chi connectivity index (χ2v) is 5.12. The summed E-state index contributed by atoms with van der Waals surface area (Å²) in [6.45, 7) is 4.25. The van der Waals surface area contributed by atoms with Crippen LogP contribution in [-0.2, 0) is 0 Å². The molecule has 0 radical (unpaired) electrons. The lowest BCUT2D eigenvalue weighted by molar-refractivity contribution is 0.0764. The molecule has 3 heteroatoms. The molecule has 0 heterocycles. The second-order valence-electron chi connectivity index (χ2n) is 5.12. The van der Waals surface area contributed by atoms with Crippen LogP contribution in [0.1, 0.15) is 23.2 Å². The molecule has 0 spiro atoms. The number of hydrogen-bond donors (Lipinski definition) is 0. The minimum absolute atomic E-state index is 0.0383. The molecule has 0 atom stereocenters. The van der Waals surface area contributed by atoms with Crippen molar-refractivity contribution in [2.24, 2.45) is 0 Å². The van der Waals surface area contributed by atoms with Gasteiger partial charge in [-0.05, 0) is 30.4 Å². The zero-order chi connectivity index (χ0) is 14.1. The van der Waals surface area contributed by atoms with Crippen molar-refractivity contribution in [3.63, 3.8) is 0 Å². The van der Waals surface area contributed by atoms with E-state index in [4.69, 9.17) is 0 Å². The summed E-state index contributed by atoms with van der Waals surface area (Å²) in [5.41, 5.74) is 0.566. The average molecular weight is 269 g/mol. The van der Waals surface area contributed by atoms with Crippen LogP contribution >= 0.6 is 0 Å². The highest BCUT2D eigenvalue weighted by atomic mass is 19.1. The number of carbonyl (C=O) groups excluding carboxylic acids is 1. The maximum Gasteiger partial charge on any atom is 0.255 e. The van der Waals surface area contributed by atoms with E-state index in [0.717, 1.165) is 12.8 Å². The lowest BCUT2D eigenvalue weighted by Crippen LogP contribution is -2.33. The van der Waals surface area contributed by atoms with Crippen LogP contribution in [0.5, 0.6) is 0 Å². The monoisotopic (exact) mass is 269 g/mol. The zero-order valence-corrected chi connectivity index (χ0v) is 11.2. The Hall–Kier alpha value is -2.16. The molecule has 2 aromatic carbocycles. The normalized spacial score (nSPS) is 14.2. The fourth-order valence-corrected chi connectivity index (χ4v) is 2.53. The van der Waals surface area contributed by atoms with E-state index in [9.17, 15) is 9.18 Å². The van der Waals surface area contributed by atoms with Gasteiger partial charge < -0.3 is 4.90 Å². The number of hydrogen-bond acceptors (Lipinski definition) is 1. The SMILES string of the molecule is C=CCN(C(=O)c1ccc(F)c2ccccc12)C1CC1. The fourth-order valence-electron chi connectivity index (χ4n) is 2.53. The van der Waals surface area contributed by atoms with Crippen molar-refractivity contribution in [2.45, 2.75) is 18.9 Å². The third-order valence-electron chi connectivity index (χ3n) is 3.68. The van der Waals surface area contributed by atoms with Gasteiger partial charge in [-0.1, -0.05) is 30.3 Å². The van der Waals surface area contributed by atoms with Gasteiger partial charge in [0.15, 0.2) is 0 Å². The maximum absolute atomic E-state index is 13.8. The molecule has 0 aromatic heterocycles. The Morgan fingerprint density at radius 1 is 1.25 bits per heavy atom. The van der Waals surface area contributed by atoms with Crippen LogP contribution in [0, 0.1) is 5.82 Å². The van der Waals surface area contributed by atoms with Gasteiger partial charge in [-0.15, -0.1) is 6.58 Å². The summed E-state index contributed by atoms with van der Waals surface area (Å²) in [6, 6.07) is 10.4. The van der Waals surface area contributed by atoms with Crippen molar-refractivity contribution in [1.82, 2.24) is 4.90 Å². The van der Waals surface area contributed by atoms with Gasteiger partial charge in [-0.25, -0.2) is 4.39 Å². The summed E-state index contributed by atoms with van der Waals surface area (Å²) in [5, 5.41) is 1.17. The molecule has 0 bridgehead atoms. The van der Waals surface area contributed by atoms with E-state index in [1.165, 1.54) is 6.07 Å². The first kappa shape index (κ1) is 12.9. The highest BCUT2D eigenvalue weighted by Gasteiger charge is 2.32. The quantitative estimate of drug-likeness (QED) is 0.774. The Morgan fingerprint density at radius 3 is 2.60 bits per heavy atom. The number of fused-ring (bicyclic) bond motifs is 1. The Labute approximate surface area is 117 Å². The Kier molecular flexibility index (Phi) is 3.26. The molecule has 2 nitrogen and oxygen atoms in total. The van der Waals surface area contributed by atoms with Crippen molar-refractivity contribution < 1.29 is 9.18 Å². The average Bonchev–Trinajstić information content (AvgIpc) is 3.29. The number of benzene rings is 2. The number of carbonyl (C=O) groups is 1. The molecule has 1 saturated carbocycles. The van der Waals surface area contributed by atoms with E-state index in [1.807, 2.05) is 11.0 Å². The molecule has 3 rings (SSSR count). The third-order valence-corrected chi connectivity index (χ3v) is 3.68. The predicted molar refractivity (Wildman–Crippen MR) is 78.2 cm³/mol. The van der Waals surface area contributed by atoms with Crippen LogP contribution in [0.3, 0.4) is 0 Å². The van der Waals surface area contributed by atoms with Gasteiger partial charge in [-0.3, -0.25) is 4.79 Å². The fraction of sp³-hybridized carbons (Fsp3) is 0.235. The molecule has 1 aliphatic rings. The number of nitrogens with zero attached hydrogens (tertiary/aromatic N) is 1. The molecule has 0 unspecified atom stereocenters. The van der Waals surface area contributed by atoms with E-state index < -0.39 is 0 Å². The molecule has 102 valence electrons. The van der Waals surface area contributed by atoms with Crippen LogP contribution in [0.4, 0.5) is 4.39 Å². The summed E-state index contributed by atoms with van der Waals surface area (Å²) >= 11 is 0. The van der Waals surface area contributed by atoms with Crippen LogP contribution in [0.25, 0.3) is 10.8 Å². The molecule has 0 N–H and O–H groups in total. The number of amides is 1. The predicted octanol–water partition coefficient (Wildman–Crippen LogP) is 3.77. The highest BCUT2D eigenvalue weighted by Crippen LogP contribution is 2.30. The third kappa shape index (κ3) is 2.20. The molecule has 0 aliphatic heterocycles. The molecule has 2 aromatic rings. The Bertz CT molecular complexity index is 676. The van der Waals surface area contributed by atoms with E-state index in [-0.39, 0.29) is 11.7 Å². The van der Waals surface area contributed by atoms with Crippen LogP contribution < -0.4 is 0 Å². The van der Waals surface area contributed by atoms with Gasteiger partial charge in [0.05, 0.1) is 0 Å². The van der Waals surface area contributed by atoms with Crippen LogP contribution in [-0.4, -0.2) is 23.4 Å². The van der Waals surface area contributed by atoms with Crippen molar-refractivity contribution in [2.75, 3.05) is 6.54 Å². The molecule has 1 amide bonds.